The van der Waals surface area contributed by atoms with Crippen molar-refractivity contribution in [3.8, 4) is 5.82 Å². The first-order chi connectivity index (χ1) is 14.6. The third-order valence-electron chi connectivity index (χ3n) is 4.60. The van der Waals surface area contributed by atoms with E-state index in [9.17, 15) is 4.79 Å². The fourth-order valence-corrected chi connectivity index (χ4v) is 2.88. The van der Waals surface area contributed by atoms with Gasteiger partial charge in [0.1, 0.15) is 0 Å². The molecule has 158 valence electrons. The van der Waals surface area contributed by atoms with Gasteiger partial charge in [0, 0.05) is 12.8 Å². The maximum Gasteiger partial charge on any atom is 0.293 e. The molecule has 3 rings (SSSR count). The van der Waals surface area contributed by atoms with Gasteiger partial charge in [0.25, 0.3) is 5.91 Å². The third-order valence-corrected chi connectivity index (χ3v) is 4.60. The van der Waals surface area contributed by atoms with Crippen LogP contribution in [0.2, 0.25) is 0 Å². The molecule has 0 aliphatic carbocycles. The highest BCUT2D eigenvalue weighted by Crippen LogP contribution is 2.17. The molecular formula is C19H25N9O2. The van der Waals surface area contributed by atoms with Crippen LogP contribution in [0.3, 0.4) is 0 Å². The second-order valence-corrected chi connectivity index (χ2v) is 6.51. The fourth-order valence-electron chi connectivity index (χ4n) is 2.88. The Morgan fingerprint density at radius 1 is 1.27 bits per heavy atom. The maximum atomic E-state index is 12.7. The van der Waals surface area contributed by atoms with Crippen LogP contribution in [0, 0.1) is 0 Å². The first-order valence-corrected chi connectivity index (χ1v) is 9.75. The van der Waals surface area contributed by atoms with E-state index in [4.69, 9.17) is 5.73 Å². The number of nitrogen functional groups attached to an aromatic ring is 1. The van der Waals surface area contributed by atoms with Gasteiger partial charge in [-0.1, -0.05) is 49.4 Å². The molecule has 30 heavy (non-hydrogen) atoms. The Labute approximate surface area is 173 Å². The standard InChI is InChI=1S/C19H25N9O2/c1-3-27(4-2)13-15-16(22-26-28(15)18-17(20)24-30-25-18)19(29)23-21-12-8-11-14-9-6-5-7-10-14/h5-7,9-10,12H,3-4,8,11,13H2,1-2H3,(H2,20,24)(H,23,29)/b21-12-. The van der Waals surface area contributed by atoms with Gasteiger partial charge >= 0.3 is 0 Å². The summed E-state index contributed by atoms with van der Waals surface area (Å²) in [5, 5.41) is 19.4. The van der Waals surface area contributed by atoms with Crippen molar-refractivity contribution in [1.82, 2.24) is 35.6 Å². The van der Waals surface area contributed by atoms with Crippen LogP contribution < -0.4 is 11.2 Å². The molecule has 0 aliphatic rings. The molecule has 1 aromatic carbocycles. The Morgan fingerprint density at radius 3 is 2.70 bits per heavy atom. The van der Waals surface area contributed by atoms with Gasteiger partial charge in [-0.2, -0.15) is 9.78 Å². The van der Waals surface area contributed by atoms with E-state index >= 15 is 0 Å². The lowest BCUT2D eigenvalue weighted by molar-refractivity contribution is 0.0947. The monoisotopic (exact) mass is 411 g/mol. The number of anilines is 1. The van der Waals surface area contributed by atoms with E-state index < -0.39 is 5.91 Å². The van der Waals surface area contributed by atoms with Gasteiger partial charge in [-0.15, -0.1) is 5.10 Å². The lowest BCUT2D eigenvalue weighted by Gasteiger charge is -2.18. The number of rotatable bonds is 10. The van der Waals surface area contributed by atoms with Gasteiger partial charge in [-0.25, -0.2) is 10.1 Å². The summed E-state index contributed by atoms with van der Waals surface area (Å²) in [6.45, 7) is 6.05. The van der Waals surface area contributed by atoms with Gasteiger partial charge in [-0.05, 0) is 41.8 Å². The number of hydrogen-bond donors (Lipinski definition) is 2. The summed E-state index contributed by atoms with van der Waals surface area (Å²) in [6, 6.07) is 10.1. The summed E-state index contributed by atoms with van der Waals surface area (Å²) in [7, 11) is 0. The van der Waals surface area contributed by atoms with Crippen molar-refractivity contribution in [3.05, 3.63) is 47.3 Å². The molecule has 11 heteroatoms. The van der Waals surface area contributed by atoms with Crippen LogP contribution in [0.1, 0.15) is 42.0 Å². The number of hydrogen-bond acceptors (Lipinski definition) is 9. The first-order valence-electron chi connectivity index (χ1n) is 9.75. The SMILES string of the molecule is CCN(CC)Cc1c(C(=O)N/N=C\CCc2ccccc2)nnn1-c1nonc1N. The highest BCUT2D eigenvalue weighted by atomic mass is 16.6. The van der Waals surface area contributed by atoms with Crippen LogP contribution >= 0.6 is 0 Å². The second kappa shape index (κ2) is 10.3. The predicted octanol–water partition coefficient (Wildman–Crippen LogP) is 1.42. The Morgan fingerprint density at radius 2 is 2.03 bits per heavy atom. The molecule has 3 aromatic rings. The number of benzene rings is 1. The molecule has 0 atom stereocenters. The summed E-state index contributed by atoms with van der Waals surface area (Å²) in [4.78, 5) is 14.8. The summed E-state index contributed by atoms with van der Waals surface area (Å²) < 4.78 is 6.03. The lowest BCUT2D eigenvalue weighted by Crippen LogP contribution is -2.27. The second-order valence-electron chi connectivity index (χ2n) is 6.51. The van der Waals surface area contributed by atoms with Crippen LogP contribution in [-0.2, 0) is 13.0 Å². The molecule has 1 amide bonds. The Bertz CT molecular complexity index is 977. The molecule has 0 unspecified atom stereocenters. The van der Waals surface area contributed by atoms with E-state index in [-0.39, 0.29) is 17.3 Å². The molecule has 0 aliphatic heterocycles. The smallest absolute Gasteiger partial charge is 0.293 e. The zero-order valence-corrected chi connectivity index (χ0v) is 17.0. The number of aromatic nitrogens is 5. The number of carbonyl (C=O) groups is 1. The minimum atomic E-state index is -0.464. The number of nitrogens with zero attached hydrogens (tertiary/aromatic N) is 7. The van der Waals surface area contributed by atoms with E-state index in [1.54, 1.807) is 6.21 Å². The van der Waals surface area contributed by atoms with Crippen molar-refractivity contribution in [3.63, 3.8) is 0 Å². The number of aryl methyl sites for hydroxylation is 1. The van der Waals surface area contributed by atoms with Gasteiger partial charge in [0.15, 0.2) is 5.69 Å². The maximum absolute atomic E-state index is 12.7. The summed E-state index contributed by atoms with van der Waals surface area (Å²) >= 11 is 0. The van der Waals surface area contributed by atoms with Crippen molar-refractivity contribution >= 4 is 17.9 Å². The Kier molecular flexibility index (Phi) is 7.22. The van der Waals surface area contributed by atoms with Crippen molar-refractivity contribution < 1.29 is 9.42 Å². The predicted molar refractivity (Wildman–Crippen MR) is 111 cm³/mol. The van der Waals surface area contributed by atoms with E-state index in [1.165, 1.54) is 10.2 Å². The van der Waals surface area contributed by atoms with Crippen LogP contribution in [0.25, 0.3) is 5.82 Å². The zero-order valence-electron chi connectivity index (χ0n) is 17.0. The number of nitrogens with one attached hydrogen (secondary N) is 1. The quantitative estimate of drug-likeness (QED) is 0.377. The molecule has 0 radical (unpaired) electrons. The Hall–Kier alpha value is -3.60. The molecule has 11 nitrogen and oxygen atoms in total. The average molecular weight is 411 g/mol. The zero-order chi connectivity index (χ0) is 21.3. The highest BCUT2D eigenvalue weighted by molar-refractivity contribution is 5.93. The first kappa shape index (κ1) is 21.1. The van der Waals surface area contributed by atoms with E-state index in [0.29, 0.717) is 18.7 Å². The number of carbonyl (C=O) groups excluding carboxylic acids is 1. The van der Waals surface area contributed by atoms with Crippen LogP contribution in [0.4, 0.5) is 5.82 Å². The number of nitrogens with two attached hydrogens (primary N) is 1. The third kappa shape index (κ3) is 5.06. The van der Waals surface area contributed by atoms with Gasteiger partial charge in [0.2, 0.25) is 11.6 Å². The topological polar surface area (TPSA) is 140 Å². The van der Waals surface area contributed by atoms with E-state index in [1.807, 2.05) is 32.0 Å². The van der Waals surface area contributed by atoms with Crippen molar-refractivity contribution in [2.75, 3.05) is 18.8 Å². The van der Waals surface area contributed by atoms with E-state index in [2.05, 4.69) is 52.8 Å². The number of hydrazone groups is 1. The molecule has 0 fully saturated rings. The molecule has 0 spiro atoms. The molecule has 3 N–H and O–H groups in total. The molecule has 0 saturated carbocycles. The highest BCUT2D eigenvalue weighted by Gasteiger charge is 2.24. The van der Waals surface area contributed by atoms with Crippen LogP contribution in [0.15, 0.2) is 40.1 Å². The molecule has 2 heterocycles. The van der Waals surface area contributed by atoms with Gasteiger partial charge in [0.05, 0.1) is 5.69 Å². The minimum Gasteiger partial charge on any atom is -0.378 e. The van der Waals surface area contributed by atoms with E-state index in [0.717, 1.165) is 19.5 Å². The van der Waals surface area contributed by atoms with Gasteiger partial charge < -0.3 is 5.73 Å². The van der Waals surface area contributed by atoms with Crippen LogP contribution in [-0.4, -0.2) is 55.4 Å². The molecular weight excluding hydrogens is 386 g/mol. The van der Waals surface area contributed by atoms with Crippen molar-refractivity contribution in [2.45, 2.75) is 33.2 Å². The Balaban J connectivity index is 1.72. The number of amides is 1. The van der Waals surface area contributed by atoms with Crippen molar-refractivity contribution in [1.29, 1.82) is 0 Å². The molecule has 0 bridgehead atoms. The summed E-state index contributed by atoms with van der Waals surface area (Å²) in [5.74, 6) is -0.212. The normalized spacial score (nSPS) is 11.4. The largest absolute Gasteiger partial charge is 0.378 e. The fraction of sp³-hybridized carbons (Fsp3) is 0.368. The molecule has 0 saturated heterocycles. The average Bonchev–Trinajstić information content (AvgIpc) is 3.37. The van der Waals surface area contributed by atoms with Crippen molar-refractivity contribution in [2.24, 2.45) is 5.10 Å². The molecule has 2 aromatic heterocycles. The summed E-state index contributed by atoms with van der Waals surface area (Å²) in [5.41, 5.74) is 10.2. The van der Waals surface area contributed by atoms with Gasteiger partial charge in [-0.3, -0.25) is 9.69 Å². The minimum absolute atomic E-state index is 0.0617. The lowest BCUT2D eigenvalue weighted by atomic mass is 10.1. The van der Waals surface area contributed by atoms with Crippen LogP contribution in [0.5, 0.6) is 0 Å². The summed E-state index contributed by atoms with van der Waals surface area (Å²) in [6.07, 6.45) is 3.20.